The van der Waals surface area contributed by atoms with Crippen molar-refractivity contribution >= 4 is 34.8 Å². The predicted molar refractivity (Wildman–Crippen MR) is 84.5 cm³/mol. The Kier molecular flexibility index (Phi) is 3.85. The van der Waals surface area contributed by atoms with E-state index in [1.54, 1.807) is 0 Å². The summed E-state index contributed by atoms with van der Waals surface area (Å²) in [4.78, 5) is 0. The van der Waals surface area contributed by atoms with Crippen LogP contribution in [0.5, 0.6) is 5.75 Å². The lowest BCUT2D eigenvalue weighted by molar-refractivity contribution is 0.353. The van der Waals surface area contributed by atoms with Crippen LogP contribution < -0.4 is 4.74 Å². The van der Waals surface area contributed by atoms with E-state index in [0.717, 1.165) is 34.4 Å². The van der Waals surface area contributed by atoms with Crippen molar-refractivity contribution in [2.45, 2.75) is 18.7 Å². The monoisotopic (exact) mass is 326 g/mol. The first kappa shape index (κ1) is 14.1. The van der Waals surface area contributed by atoms with Crippen LogP contribution in [0.15, 0.2) is 30.3 Å². The highest BCUT2D eigenvalue weighted by molar-refractivity contribution is 6.31. The van der Waals surface area contributed by atoms with Crippen molar-refractivity contribution in [1.82, 2.24) is 0 Å². The molecule has 2 aromatic rings. The molecule has 0 fully saturated rings. The van der Waals surface area contributed by atoms with Gasteiger partial charge in [-0.15, -0.1) is 11.6 Å². The summed E-state index contributed by atoms with van der Waals surface area (Å²) in [6, 6.07) is 9.56. The number of hydrogen-bond donors (Lipinski definition) is 0. The number of alkyl halides is 1. The number of benzene rings is 2. The predicted octanol–water partition coefficient (Wildman–Crippen LogP) is 5.56. The fourth-order valence-corrected chi connectivity index (χ4v) is 3.46. The molecule has 1 nitrogen and oxygen atoms in total. The van der Waals surface area contributed by atoms with Gasteiger partial charge in [0.1, 0.15) is 5.75 Å². The normalized spacial score (nSPS) is 14.8. The molecule has 0 saturated carbocycles. The fourth-order valence-electron chi connectivity index (χ4n) is 2.58. The summed E-state index contributed by atoms with van der Waals surface area (Å²) in [6.07, 6.45) is 0.881. The SMILES string of the molecule is Cc1cc(Cl)ccc1C(Cl)c1cc(Cl)cc2c1OCC2. The number of aryl methyl sites for hydroxylation is 1. The maximum atomic E-state index is 6.66. The topological polar surface area (TPSA) is 9.23 Å². The van der Waals surface area contributed by atoms with Gasteiger partial charge in [0, 0.05) is 22.0 Å². The van der Waals surface area contributed by atoms with Gasteiger partial charge in [0.25, 0.3) is 0 Å². The molecule has 2 aromatic carbocycles. The Hall–Kier alpha value is -0.890. The molecular formula is C16H13Cl3O. The Bertz CT molecular complexity index is 667. The van der Waals surface area contributed by atoms with Crippen LogP contribution in [0.25, 0.3) is 0 Å². The molecule has 0 aliphatic carbocycles. The largest absolute Gasteiger partial charge is 0.493 e. The van der Waals surface area contributed by atoms with Crippen LogP contribution in [0.1, 0.15) is 27.6 Å². The molecule has 1 heterocycles. The first-order valence-corrected chi connectivity index (χ1v) is 7.60. The van der Waals surface area contributed by atoms with Gasteiger partial charge in [0.15, 0.2) is 0 Å². The lowest BCUT2D eigenvalue weighted by atomic mass is 9.97. The molecule has 1 aliphatic heterocycles. The highest BCUT2D eigenvalue weighted by atomic mass is 35.5. The fraction of sp³-hybridized carbons (Fsp3) is 0.250. The zero-order valence-corrected chi connectivity index (χ0v) is 13.2. The molecule has 20 heavy (non-hydrogen) atoms. The van der Waals surface area contributed by atoms with E-state index in [0.29, 0.717) is 16.7 Å². The highest BCUT2D eigenvalue weighted by Gasteiger charge is 2.24. The lowest BCUT2D eigenvalue weighted by Crippen LogP contribution is -1.99. The van der Waals surface area contributed by atoms with Gasteiger partial charge in [-0.2, -0.15) is 0 Å². The summed E-state index contributed by atoms with van der Waals surface area (Å²) in [5, 5.41) is 1.11. The van der Waals surface area contributed by atoms with Gasteiger partial charge < -0.3 is 4.74 Å². The summed E-state index contributed by atoms with van der Waals surface area (Å²) < 4.78 is 5.72. The third-order valence-electron chi connectivity index (χ3n) is 3.56. The van der Waals surface area contributed by atoms with E-state index in [1.165, 1.54) is 0 Å². The number of fused-ring (bicyclic) bond motifs is 1. The van der Waals surface area contributed by atoms with Crippen molar-refractivity contribution in [3.63, 3.8) is 0 Å². The minimum atomic E-state index is -0.294. The lowest BCUT2D eigenvalue weighted by Gasteiger charge is -2.17. The van der Waals surface area contributed by atoms with E-state index >= 15 is 0 Å². The second kappa shape index (κ2) is 5.48. The van der Waals surface area contributed by atoms with Crippen molar-refractivity contribution in [2.24, 2.45) is 0 Å². The molecular weight excluding hydrogens is 315 g/mol. The Morgan fingerprint density at radius 2 is 1.85 bits per heavy atom. The Balaban J connectivity index is 2.09. The van der Waals surface area contributed by atoms with E-state index in [4.69, 9.17) is 39.5 Å². The molecule has 3 rings (SSSR count). The number of halogens is 3. The quantitative estimate of drug-likeness (QED) is 0.656. The molecule has 104 valence electrons. The van der Waals surface area contributed by atoms with Gasteiger partial charge >= 0.3 is 0 Å². The Labute approximate surface area is 133 Å². The van der Waals surface area contributed by atoms with Crippen LogP contribution in [0.3, 0.4) is 0 Å². The van der Waals surface area contributed by atoms with Crippen molar-refractivity contribution in [1.29, 1.82) is 0 Å². The van der Waals surface area contributed by atoms with Gasteiger partial charge in [-0.05, 0) is 47.9 Å². The number of rotatable bonds is 2. The average Bonchev–Trinajstić information content (AvgIpc) is 2.85. The summed E-state index contributed by atoms with van der Waals surface area (Å²) in [5.41, 5.74) is 4.14. The van der Waals surface area contributed by atoms with E-state index in [9.17, 15) is 0 Å². The second-order valence-electron chi connectivity index (χ2n) is 4.95. The molecule has 0 spiro atoms. The molecule has 0 aromatic heterocycles. The van der Waals surface area contributed by atoms with E-state index < -0.39 is 0 Å². The van der Waals surface area contributed by atoms with Crippen LogP contribution in [0.2, 0.25) is 10.0 Å². The highest BCUT2D eigenvalue weighted by Crippen LogP contribution is 2.42. The molecule has 1 aliphatic rings. The minimum Gasteiger partial charge on any atom is -0.493 e. The first-order valence-electron chi connectivity index (χ1n) is 6.41. The first-order chi connectivity index (χ1) is 9.56. The molecule has 0 saturated heterocycles. The van der Waals surface area contributed by atoms with Gasteiger partial charge in [0.05, 0.1) is 12.0 Å². The molecule has 0 radical (unpaired) electrons. The number of hydrogen-bond acceptors (Lipinski definition) is 1. The van der Waals surface area contributed by atoms with E-state index in [1.807, 2.05) is 37.3 Å². The Morgan fingerprint density at radius 3 is 2.60 bits per heavy atom. The molecule has 0 bridgehead atoms. The van der Waals surface area contributed by atoms with Crippen LogP contribution in [0.4, 0.5) is 0 Å². The molecule has 4 heteroatoms. The molecule has 0 N–H and O–H groups in total. The third kappa shape index (κ3) is 2.50. The summed E-state index contributed by atoms with van der Waals surface area (Å²) in [5.74, 6) is 0.878. The molecule has 1 atom stereocenters. The van der Waals surface area contributed by atoms with Crippen molar-refractivity contribution in [3.8, 4) is 5.75 Å². The minimum absolute atomic E-state index is 0.294. The maximum absolute atomic E-state index is 6.66. The van der Waals surface area contributed by atoms with Crippen LogP contribution in [0, 0.1) is 6.92 Å². The summed E-state index contributed by atoms with van der Waals surface area (Å²) in [6.45, 7) is 2.69. The zero-order valence-electron chi connectivity index (χ0n) is 10.9. The third-order valence-corrected chi connectivity index (χ3v) is 4.48. The van der Waals surface area contributed by atoms with Crippen LogP contribution in [-0.2, 0) is 6.42 Å². The molecule has 1 unspecified atom stereocenters. The number of ether oxygens (including phenoxy) is 1. The second-order valence-corrected chi connectivity index (χ2v) is 6.25. The maximum Gasteiger partial charge on any atom is 0.127 e. The van der Waals surface area contributed by atoms with Crippen molar-refractivity contribution in [3.05, 3.63) is 62.6 Å². The Morgan fingerprint density at radius 1 is 1.05 bits per heavy atom. The van der Waals surface area contributed by atoms with E-state index in [2.05, 4.69) is 0 Å². The standard InChI is InChI=1S/C16H13Cl3O/c1-9-6-11(17)2-3-13(9)15(19)14-8-12(18)7-10-4-5-20-16(10)14/h2-3,6-8,15H,4-5H2,1H3. The zero-order chi connectivity index (χ0) is 14.3. The van der Waals surface area contributed by atoms with Crippen LogP contribution >= 0.6 is 34.8 Å². The van der Waals surface area contributed by atoms with Gasteiger partial charge in [-0.3, -0.25) is 0 Å². The van der Waals surface area contributed by atoms with Crippen molar-refractivity contribution in [2.75, 3.05) is 6.61 Å². The van der Waals surface area contributed by atoms with Crippen LogP contribution in [-0.4, -0.2) is 6.61 Å². The van der Waals surface area contributed by atoms with Gasteiger partial charge in [-0.1, -0.05) is 29.3 Å². The van der Waals surface area contributed by atoms with Gasteiger partial charge in [-0.25, -0.2) is 0 Å². The summed E-state index contributed by atoms with van der Waals surface area (Å²) in [7, 11) is 0. The molecule has 0 amide bonds. The smallest absolute Gasteiger partial charge is 0.127 e. The van der Waals surface area contributed by atoms with E-state index in [-0.39, 0.29) is 5.38 Å². The summed E-state index contributed by atoms with van der Waals surface area (Å²) >= 11 is 18.9. The van der Waals surface area contributed by atoms with Crippen molar-refractivity contribution < 1.29 is 4.74 Å². The van der Waals surface area contributed by atoms with Gasteiger partial charge in [0.2, 0.25) is 0 Å². The average molecular weight is 328 g/mol.